The molecule has 0 amide bonds. The summed E-state index contributed by atoms with van der Waals surface area (Å²) in [4.78, 5) is 6.27. The van der Waals surface area contributed by atoms with Gasteiger partial charge < -0.3 is 0 Å². The van der Waals surface area contributed by atoms with E-state index in [0.717, 1.165) is 31.0 Å². The minimum absolute atomic E-state index is 0.0856. The van der Waals surface area contributed by atoms with Crippen LogP contribution >= 0.6 is 0 Å². The molecule has 9 heavy (non-hydrogen) atoms. The van der Waals surface area contributed by atoms with Crippen LogP contribution in [0.25, 0.3) is 0 Å². The van der Waals surface area contributed by atoms with Crippen LogP contribution in [0.1, 0.15) is 0 Å². The molecule has 0 aliphatic rings. The first-order valence-corrected chi connectivity index (χ1v) is 3.50. The molecule has 0 aliphatic carbocycles. The molecular weight excluding hydrogens is 324 g/mol. The second-order valence-corrected chi connectivity index (χ2v) is 2.74. The number of rotatable bonds is 0. The van der Waals surface area contributed by atoms with Crippen molar-refractivity contribution in [3.8, 4) is 0 Å². The van der Waals surface area contributed by atoms with Gasteiger partial charge in [-0.2, -0.15) is 0 Å². The zero-order valence-electron chi connectivity index (χ0n) is 4.11. The van der Waals surface area contributed by atoms with Gasteiger partial charge in [0.1, 0.15) is 0 Å². The average Bonchev–Trinajstić information content (AvgIpc) is 1.83. The number of aromatic nitrogens is 2. The van der Waals surface area contributed by atoms with Crippen LogP contribution in [0.4, 0.5) is 8.78 Å². The molecule has 48 valence electrons. The van der Waals surface area contributed by atoms with Crippen LogP contribution in [0, 0.1) is 36.6 Å². The van der Waals surface area contributed by atoms with E-state index in [1.807, 2.05) is 0 Å². The van der Waals surface area contributed by atoms with E-state index in [-0.39, 0.29) is 3.27 Å². The Morgan fingerprint density at radius 2 is 1.67 bits per heavy atom. The van der Waals surface area contributed by atoms with Crippen molar-refractivity contribution in [2.75, 3.05) is 0 Å². The molecule has 1 aromatic heterocycles. The summed E-state index contributed by atoms with van der Waals surface area (Å²) in [5.74, 6) is -1.56. The zero-order valence-corrected chi connectivity index (χ0v) is 7.04. The monoisotopic (exact) mass is 325 g/mol. The molecule has 0 unspecified atom stereocenters. The molecule has 1 rings (SSSR count). The molecule has 2 nitrogen and oxygen atoms in total. The molecule has 0 spiro atoms. The minimum atomic E-state index is -0.779. The second-order valence-electron chi connectivity index (χ2n) is 1.27. The van der Waals surface area contributed by atoms with Gasteiger partial charge in [-0.25, -0.2) is 0 Å². The summed E-state index contributed by atoms with van der Waals surface area (Å²) in [6, 6.07) is 0. The Balaban J connectivity index is 3.25. The van der Waals surface area contributed by atoms with Crippen molar-refractivity contribution in [1.29, 1.82) is 0 Å². The quantitative estimate of drug-likeness (QED) is 0.624. The molecule has 0 saturated carbocycles. The molecule has 0 saturated heterocycles. The van der Waals surface area contributed by atoms with Crippen molar-refractivity contribution in [2.24, 2.45) is 0 Å². The number of hydrogen-bond donors (Lipinski definition) is 0. The van der Waals surface area contributed by atoms with E-state index in [4.69, 9.17) is 0 Å². The Morgan fingerprint density at radius 3 is 2.00 bits per heavy atom. The molecule has 1 heterocycles. The fourth-order valence-electron chi connectivity index (χ4n) is 0.329. The number of halogens is 2. The van der Waals surface area contributed by atoms with Gasteiger partial charge >= 0.3 is 65.0 Å². The summed E-state index contributed by atoms with van der Waals surface area (Å²) in [7, 11) is 0. The zero-order chi connectivity index (χ0) is 6.85. The van der Waals surface area contributed by atoms with Crippen LogP contribution in [-0.4, -0.2) is 9.97 Å². The first-order chi connectivity index (χ1) is 4.22. The second kappa shape index (κ2) is 2.61. The van der Waals surface area contributed by atoms with Crippen LogP contribution in [0.3, 0.4) is 0 Å². The van der Waals surface area contributed by atoms with Gasteiger partial charge in [0.15, 0.2) is 0 Å². The molecule has 1 aromatic rings. The van der Waals surface area contributed by atoms with Crippen LogP contribution in [0.15, 0.2) is 6.33 Å². The van der Waals surface area contributed by atoms with E-state index in [1.54, 1.807) is 0 Å². The Kier molecular flexibility index (Phi) is 2.01. The number of nitrogens with zero attached hydrogens (tertiary/aromatic N) is 2. The molecule has 5 heteroatoms. The van der Waals surface area contributed by atoms with Crippen LogP contribution in [0.2, 0.25) is 0 Å². The van der Waals surface area contributed by atoms with E-state index in [0.29, 0.717) is 0 Å². The number of hydrogen-bond acceptors (Lipinski definition) is 2. The Bertz CT molecular complexity index is 208. The average molecular weight is 325 g/mol. The third-order valence-electron chi connectivity index (χ3n) is 0.704. The van der Waals surface area contributed by atoms with E-state index < -0.39 is 11.9 Å². The molecule has 0 aromatic carbocycles. The van der Waals surface area contributed by atoms with Gasteiger partial charge in [-0.15, -0.1) is 0 Å². The van der Waals surface area contributed by atoms with Gasteiger partial charge in [-0.05, 0) is 0 Å². The summed E-state index contributed by atoms with van der Waals surface area (Å²) in [6.45, 7) is 0. The Labute approximate surface area is 65.2 Å². The molecule has 0 fully saturated rings. The van der Waals surface area contributed by atoms with Crippen LogP contribution < -0.4 is 3.27 Å². The van der Waals surface area contributed by atoms with Crippen molar-refractivity contribution in [3.05, 3.63) is 18.2 Å². The third kappa shape index (κ3) is 1.39. The summed E-state index contributed by atoms with van der Waals surface area (Å²) < 4.78 is 24.3. The molecule has 0 aliphatic heterocycles. The van der Waals surface area contributed by atoms with E-state index in [1.165, 1.54) is 0 Å². The fraction of sp³-hybridized carbons (Fsp3) is 0. The summed E-state index contributed by atoms with van der Waals surface area (Å²) in [5.41, 5.74) is 0. The predicted octanol–water partition coefficient (Wildman–Crippen LogP) is -0.0706. The normalized spacial score (nSPS) is 9.67. The standard InChI is InChI=1S/C4HAtF2N2/c5-2-3(6)8-1-9-4(2)7/h1H. The predicted molar refractivity (Wildman–Crippen MR) is 21.6 cm³/mol. The van der Waals surface area contributed by atoms with E-state index in [9.17, 15) is 8.78 Å². The van der Waals surface area contributed by atoms with Gasteiger partial charge in [0.25, 0.3) is 0 Å². The van der Waals surface area contributed by atoms with Crippen LogP contribution in [-0.2, 0) is 0 Å². The Morgan fingerprint density at radius 1 is 1.22 bits per heavy atom. The van der Waals surface area contributed by atoms with Crippen molar-refractivity contribution in [3.63, 3.8) is 0 Å². The molecule has 0 N–H and O–H groups in total. The Hall–Kier alpha value is -0.177. The maximum absolute atomic E-state index is 12.2. The van der Waals surface area contributed by atoms with Crippen molar-refractivity contribution in [1.82, 2.24) is 9.97 Å². The summed E-state index contributed by atoms with van der Waals surface area (Å²) >= 11 is 0.891. The molecule has 0 atom stereocenters. The van der Waals surface area contributed by atoms with Crippen LogP contribution in [0.5, 0.6) is 0 Å². The van der Waals surface area contributed by atoms with Crippen molar-refractivity contribution < 1.29 is 33.5 Å². The van der Waals surface area contributed by atoms with Gasteiger partial charge in [0.2, 0.25) is 0 Å². The first-order valence-electron chi connectivity index (χ1n) is 2.03. The molecular formula is C4HAtF2N2. The molecule has 0 radical (unpaired) electrons. The van der Waals surface area contributed by atoms with Gasteiger partial charge in [0, 0.05) is 0 Å². The fourth-order valence-corrected chi connectivity index (χ4v) is 0.708. The van der Waals surface area contributed by atoms with E-state index >= 15 is 0 Å². The van der Waals surface area contributed by atoms with Gasteiger partial charge in [-0.1, -0.05) is 0 Å². The molecule has 0 bridgehead atoms. The van der Waals surface area contributed by atoms with E-state index in [2.05, 4.69) is 9.97 Å². The maximum atomic E-state index is 12.2. The van der Waals surface area contributed by atoms with Crippen molar-refractivity contribution in [2.45, 2.75) is 0 Å². The van der Waals surface area contributed by atoms with Gasteiger partial charge in [-0.3, -0.25) is 0 Å². The SMILES string of the molecule is Fc1ncnc(F)c1[At]. The van der Waals surface area contributed by atoms with Crippen molar-refractivity contribution >= 4 is 3.27 Å². The summed E-state index contributed by atoms with van der Waals surface area (Å²) in [6.07, 6.45) is 0.854. The van der Waals surface area contributed by atoms with Gasteiger partial charge in [0.05, 0.1) is 0 Å². The first kappa shape index (κ1) is 6.94. The topological polar surface area (TPSA) is 25.8 Å². The summed E-state index contributed by atoms with van der Waals surface area (Å²) in [5, 5.41) is 0. The third-order valence-corrected chi connectivity index (χ3v) is 1.92.